The Bertz CT molecular complexity index is 333. The summed E-state index contributed by atoms with van der Waals surface area (Å²) in [5, 5.41) is 0. The first-order chi connectivity index (χ1) is 7.68. The summed E-state index contributed by atoms with van der Waals surface area (Å²) < 4.78 is 0. The molecule has 1 fully saturated rings. The first kappa shape index (κ1) is 11.7. The van der Waals surface area contributed by atoms with Gasteiger partial charge in [0, 0.05) is 0 Å². The highest BCUT2D eigenvalue weighted by Crippen LogP contribution is 2.46. The second kappa shape index (κ2) is 4.58. The Morgan fingerprint density at radius 3 is 2.19 bits per heavy atom. The van der Waals surface area contributed by atoms with Crippen molar-refractivity contribution in [1.29, 1.82) is 0 Å². The average molecular weight is 217 g/mol. The van der Waals surface area contributed by atoms with Crippen molar-refractivity contribution in [2.24, 2.45) is 5.73 Å². The van der Waals surface area contributed by atoms with Crippen LogP contribution in [-0.2, 0) is 5.41 Å². The van der Waals surface area contributed by atoms with Crippen LogP contribution in [0.25, 0.3) is 0 Å². The molecule has 2 rings (SSSR count). The fourth-order valence-corrected chi connectivity index (χ4v) is 2.78. The molecule has 0 atom stereocenters. The number of hydrogen-bond donors (Lipinski definition) is 1. The van der Waals surface area contributed by atoms with Gasteiger partial charge in [-0.1, -0.05) is 44.5 Å². The number of rotatable bonds is 4. The maximum Gasteiger partial charge on any atom is -0.00350 e. The molecule has 0 aliphatic heterocycles. The maximum absolute atomic E-state index is 5.74. The van der Waals surface area contributed by atoms with Crippen molar-refractivity contribution in [1.82, 2.24) is 0 Å². The van der Waals surface area contributed by atoms with E-state index in [0.717, 1.165) is 13.0 Å². The molecule has 0 amide bonds. The molecule has 1 aromatic rings. The second-order valence-corrected chi connectivity index (χ2v) is 5.45. The van der Waals surface area contributed by atoms with E-state index in [1.54, 1.807) is 0 Å². The predicted molar refractivity (Wildman–Crippen MR) is 69.7 cm³/mol. The molecule has 1 saturated carbocycles. The van der Waals surface area contributed by atoms with Crippen LogP contribution in [-0.4, -0.2) is 6.54 Å². The van der Waals surface area contributed by atoms with Crippen molar-refractivity contribution in [2.75, 3.05) is 6.54 Å². The van der Waals surface area contributed by atoms with Crippen LogP contribution in [0.3, 0.4) is 0 Å². The SMILES string of the molecule is CC(C)c1ccc(C2(CCN)CCC2)cc1. The molecule has 2 N–H and O–H groups in total. The van der Waals surface area contributed by atoms with Crippen LogP contribution in [0, 0.1) is 0 Å². The van der Waals surface area contributed by atoms with Crippen LogP contribution in [0.5, 0.6) is 0 Å². The summed E-state index contributed by atoms with van der Waals surface area (Å²) in [4.78, 5) is 0. The predicted octanol–water partition coefficient (Wildman–Crippen LogP) is 3.58. The maximum atomic E-state index is 5.74. The molecule has 0 heterocycles. The summed E-state index contributed by atoms with van der Waals surface area (Å²) in [5.41, 5.74) is 9.10. The molecule has 1 aliphatic rings. The molecule has 1 nitrogen and oxygen atoms in total. The first-order valence-electron chi connectivity index (χ1n) is 6.48. The van der Waals surface area contributed by atoms with E-state index in [2.05, 4.69) is 38.1 Å². The van der Waals surface area contributed by atoms with Crippen LogP contribution in [0.4, 0.5) is 0 Å². The quantitative estimate of drug-likeness (QED) is 0.819. The van der Waals surface area contributed by atoms with Crippen molar-refractivity contribution in [3.05, 3.63) is 35.4 Å². The van der Waals surface area contributed by atoms with E-state index in [9.17, 15) is 0 Å². The molecule has 0 saturated heterocycles. The molecule has 0 bridgehead atoms. The molecule has 0 unspecified atom stereocenters. The summed E-state index contributed by atoms with van der Waals surface area (Å²) in [6, 6.07) is 9.22. The smallest absolute Gasteiger partial charge is 0.00350 e. The molecule has 88 valence electrons. The molecular weight excluding hydrogens is 194 g/mol. The number of hydrogen-bond acceptors (Lipinski definition) is 1. The summed E-state index contributed by atoms with van der Waals surface area (Å²) in [6.45, 7) is 5.30. The minimum Gasteiger partial charge on any atom is -0.330 e. The molecule has 0 aromatic heterocycles. The Morgan fingerprint density at radius 2 is 1.81 bits per heavy atom. The summed E-state index contributed by atoms with van der Waals surface area (Å²) >= 11 is 0. The van der Waals surface area contributed by atoms with E-state index in [-0.39, 0.29) is 0 Å². The second-order valence-electron chi connectivity index (χ2n) is 5.45. The third-order valence-corrected chi connectivity index (χ3v) is 4.12. The molecule has 0 radical (unpaired) electrons. The highest BCUT2D eigenvalue weighted by molar-refractivity contribution is 5.32. The van der Waals surface area contributed by atoms with Crippen molar-refractivity contribution in [2.45, 2.75) is 50.9 Å². The van der Waals surface area contributed by atoms with Crippen LogP contribution < -0.4 is 5.73 Å². The Kier molecular flexibility index (Phi) is 3.34. The van der Waals surface area contributed by atoms with Crippen molar-refractivity contribution in [3.8, 4) is 0 Å². The fraction of sp³-hybridized carbons (Fsp3) is 0.600. The van der Waals surface area contributed by atoms with Crippen LogP contribution >= 0.6 is 0 Å². The summed E-state index contributed by atoms with van der Waals surface area (Å²) in [6.07, 6.45) is 5.16. The zero-order valence-electron chi connectivity index (χ0n) is 10.5. The van der Waals surface area contributed by atoms with Gasteiger partial charge in [0.2, 0.25) is 0 Å². The monoisotopic (exact) mass is 217 g/mol. The van der Waals surface area contributed by atoms with Gasteiger partial charge in [-0.2, -0.15) is 0 Å². The van der Waals surface area contributed by atoms with Gasteiger partial charge in [-0.25, -0.2) is 0 Å². The highest BCUT2D eigenvalue weighted by atomic mass is 14.6. The lowest BCUT2D eigenvalue weighted by Gasteiger charge is -2.42. The van der Waals surface area contributed by atoms with E-state index < -0.39 is 0 Å². The topological polar surface area (TPSA) is 26.0 Å². The first-order valence-corrected chi connectivity index (χ1v) is 6.48. The lowest BCUT2D eigenvalue weighted by molar-refractivity contribution is 0.229. The van der Waals surface area contributed by atoms with Gasteiger partial charge >= 0.3 is 0 Å². The molecule has 0 spiro atoms. The Hall–Kier alpha value is -0.820. The van der Waals surface area contributed by atoms with Gasteiger partial charge < -0.3 is 5.73 Å². The Labute approximate surface area is 99.0 Å². The van der Waals surface area contributed by atoms with E-state index in [4.69, 9.17) is 5.73 Å². The minimum atomic E-state index is 0.421. The van der Waals surface area contributed by atoms with Crippen LogP contribution in [0.15, 0.2) is 24.3 Å². The Balaban J connectivity index is 2.20. The van der Waals surface area contributed by atoms with Gasteiger partial charge in [-0.05, 0) is 48.3 Å². The lowest BCUT2D eigenvalue weighted by Crippen LogP contribution is -2.36. The Morgan fingerprint density at radius 1 is 1.19 bits per heavy atom. The van der Waals surface area contributed by atoms with E-state index in [1.807, 2.05) is 0 Å². The van der Waals surface area contributed by atoms with E-state index >= 15 is 0 Å². The standard InChI is InChI=1S/C15H23N/c1-12(2)13-4-6-14(7-5-13)15(10-11-16)8-3-9-15/h4-7,12H,3,8-11,16H2,1-2H3. The molecular formula is C15H23N. The van der Waals surface area contributed by atoms with Crippen molar-refractivity contribution >= 4 is 0 Å². The molecule has 1 heteroatoms. The summed E-state index contributed by atoms with van der Waals surface area (Å²) in [5.74, 6) is 0.626. The van der Waals surface area contributed by atoms with Gasteiger partial charge in [-0.3, -0.25) is 0 Å². The van der Waals surface area contributed by atoms with Crippen LogP contribution in [0.1, 0.15) is 56.6 Å². The lowest BCUT2D eigenvalue weighted by atomic mass is 9.62. The average Bonchev–Trinajstić information content (AvgIpc) is 2.23. The normalized spacial score (nSPS) is 18.5. The third kappa shape index (κ3) is 2.01. The number of benzene rings is 1. The molecule has 1 aromatic carbocycles. The summed E-state index contributed by atoms with van der Waals surface area (Å²) in [7, 11) is 0. The van der Waals surface area contributed by atoms with Gasteiger partial charge in [-0.15, -0.1) is 0 Å². The van der Waals surface area contributed by atoms with E-state index in [0.29, 0.717) is 11.3 Å². The largest absolute Gasteiger partial charge is 0.330 e. The molecule has 1 aliphatic carbocycles. The zero-order valence-corrected chi connectivity index (χ0v) is 10.5. The van der Waals surface area contributed by atoms with Gasteiger partial charge in [0.15, 0.2) is 0 Å². The van der Waals surface area contributed by atoms with Crippen LogP contribution in [0.2, 0.25) is 0 Å². The fourth-order valence-electron chi connectivity index (χ4n) is 2.78. The highest BCUT2D eigenvalue weighted by Gasteiger charge is 2.37. The van der Waals surface area contributed by atoms with Gasteiger partial charge in [0.25, 0.3) is 0 Å². The minimum absolute atomic E-state index is 0.421. The number of nitrogens with two attached hydrogens (primary N) is 1. The zero-order chi connectivity index (χ0) is 11.6. The van der Waals surface area contributed by atoms with Gasteiger partial charge in [0.05, 0.1) is 0 Å². The van der Waals surface area contributed by atoms with Crippen molar-refractivity contribution < 1.29 is 0 Å². The van der Waals surface area contributed by atoms with E-state index in [1.165, 1.54) is 30.4 Å². The third-order valence-electron chi connectivity index (χ3n) is 4.12. The van der Waals surface area contributed by atoms with Gasteiger partial charge in [0.1, 0.15) is 0 Å². The molecule has 16 heavy (non-hydrogen) atoms. The van der Waals surface area contributed by atoms with Crippen molar-refractivity contribution in [3.63, 3.8) is 0 Å².